The van der Waals surface area contributed by atoms with Gasteiger partial charge in [-0.1, -0.05) is 30.2 Å². The van der Waals surface area contributed by atoms with Crippen LogP contribution < -0.4 is 4.90 Å². The minimum absolute atomic E-state index is 0.0450. The summed E-state index contributed by atoms with van der Waals surface area (Å²) in [6.07, 6.45) is 5.52. The predicted octanol–water partition coefficient (Wildman–Crippen LogP) is 4.82. The lowest BCUT2D eigenvalue weighted by atomic mass is 10.1. The molecule has 0 spiro atoms. The van der Waals surface area contributed by atoms with Crippen molar-refractivity contribution in [1.29, 1.82) is 0 Å². The number of hydrogen-bond acceptors (Lipinski definition) is 5. The number of fused-ring (bicyclic) bond motifs is 3. The van der Waals surface area contributed by atoms with E-state index in [1.54, 1.807) is 24.9 Å². The second kappa shape index (κ2) is 8.84. The van der Waals surface area contributed by atoms with Crippen LogP contribution >= 0.6 is 23.4 Å². The molecule has 4 rings (SSSR count). The molecule has 0 N–H and O–H groups in total. The Balaban J connectivity index is 1.65. The van der Waals surface area contributed by atoms with Crippen LogP contribution in [0.25, 0.3) is 0 Å². The highest BCUT2D eigenvalue weighted by Gasteiger charge is 2.33. The van der Waals surface area contributed by atoms with Crippen LogP contribution in [-0.2, 0) is 16.6 Å². The van der Waals surface area contributed by atoms with Crippen LogP contribution in [0.2, 0.25) is 5.02 Å². The molecule has 31 heavy (non-hydrogen) atoms. The first-order valence-corrected chi connectivity index (χ1v) is 13.2. The normalized spacial score (nSPS) is 17.3. The molecule has 0 aromatic heterocycles. The number of carbonyl (C=O) groups is 1. The average molecular weight is 478 g/mol. The van der Waals surface area contributed by atoms with E-state index in [1.807, 2.05) is 35.4 Å². The van der Waals surface area contributed by atoms with E-state index < -0.39 is 10.0 Å². The van der Waals surface area contributed by atoms with Gasteiger partial charge in [-0.15, -0.1) is 16.2 Å². The second-order valence-electron chi connectivity index (χ2n) is 7.75. The lowest BCUT2D eigenvalue weighted by Gasteiger charge is -2.30. The number of carbonyl (C=O) groups excluding carboxylic acids is 1. The Bertz CT molecular complexity index is 1150. The number of halogens is 1. The molecular formula is C22H24ClN3O3S2. The first-order chi connectivity index (χ1) is 14.8. The quantitative estimate of drug-likeness (QED) is 0.590. The molecule has 2 aromatic rings. The van der Waals surface area contributed by atoms with Crippen molar-refractivity contribution in [3.63, 3.8) is 0 Å². The van der Waals surface area contributed by atoms with E-state index in [4.69, 9.17) is 11.6 Å². The molecule has 1 saturated heterocycles. The zero-order valence-electron chi connectivity index (χ0n) is 17.5. The number of nitrogens with zero attached hydrogens (tertiary/aromatic N) is 3. The van der Waals surface area contributed by atoms with Crippen molar-refractivity contribution < 1.29 is 13.2 Å². The summed E-state index contributed by atoms with van der Waals surface area (Å²) in [5, 5.41) is 0.244. The minimum atomic E-state index is -3.88. The van der Waals surface area contributed by atoms with Gasteiger partial charge in [-0.3, -0.25) is 4.79 Å². The zero-order chi connectivity index (χ0) is 22.2. The van der Waals surface area contributed by atoms with E-state index in [2.05, 4.69) is 4.40 Å². The summed E-state index contributed by atoms with van der Waals surface area (Å²) in [6, 6.07) is 11.0. The molecule has 1 amide bonds. The number of amidine groups is 1. The van der Waals surface area contributed by atoms with Crippen molar-refractivity contribution in [3.8, 4) is 0 Å². The highest BCUT2D eigenvalue weighted by atomic mass is 35.5. The average Bonchev–Trinajstić information content (AvgIpc) is 2.98. The predicted molar refractivity (Wildman–Crippen MR) is 126 cm³/mol. The lowest BCUT2D eigenvalue weighted by Crippen LogP contribution is -2.35. The summed E-state index contributed by atoms with van der Waals surface area (Å²) in [6.45, 7) is 1.08. The van der Waals surface area contributed by atoms with E-state index in [0.717, 1.165) is 29.7 Å². The standard InChI is InChI=1S/C22H24ClN3O3S2/c1-25(14-15-7-9-16(30-2)10-8-15)22(27)17-12-20-19(13-18(17)23)26-11-5-3-4-6-21(26)24-31(20,28)29/h7-10,12-13H,3-6,11,14H2,1-2H3. The third kappa shape index (κ3) is 4.47. The van der Waals surface area contributed by atoms with Gasteiger partial charge in [-0.2, -0.15) is 8.42 Å². The number of rotatable bonds is 4. The number of benzene rings is 2. The largest absolute Gasteiger partial charge is 0.337 e. The fourth-order valence-electron chi connectivity index (χ4n) is 3.94. The van der Waals surface area contributed by atoms with Crippen LogP contribution in [0.3, 0.4) is 0 Å². The van der Waals surface area contributed by atoms with Crippen LogP contribution in [0.4, 0.5) is 5.69 Å². The number of thioether (sulfide) groups is 1. The molecule has 2 aliphatic rings. The molecule has 2 heterocycles. The molecule has 0 aliphatic carbocycles. The van der Waals surface area contributed by atoms with Gasteiger partial charge in [0.2, 0.25) is 0 Å². The molecule has 1 fully saturated rings. The second-order valence-corrected chi connectivity index (χ2v) is 10.6. The van der Waals surface area contributed by atoms with Gasteiger partial charge in [-0.25, -0.2) is 0 Å². The molecule has 0 bridgehead atoms. The molecule has 0 radical (unpaired) electrons. The fourth-order valence-corrected chi connectivity index (χ4v) is 5.86. The van der Waals surface area contributed by atoms with Crippen molar-refractivity contribution in [2.45, 2.75) is 42.0 Å². The number of sulfonamides is 1. The van der Waals surface area contributed by atoms with Crippen LogP contribution in [0.15, 0.2) is 50.6 Å². The van der Waals surface area contributed by atoms with Crippen molar-refractivity contribution in [2.24, 2.45) is 4.40 Å². The smallest absolute Gasteiger partial charge is 0.286 e. The molecule has 2 aliphatic heterocycles. The van der Waals surface area contributed by atoms with Gasteiger partial charge >= 0.3 is 0 Å². The Kier molecular flexibility index (Phi) is 6.32. The van der Waals surface area contributed by atoms with E-state index >= 15 is 0 Å². The highest BCUT2D eigenvalue weighted by Crippen LogP contribution is 2.38. The highest BCUT2D eigenvalue weighted by molar-refractivity contribution is 7.98. The van der Waals surface area contributed by atoms with Gasteiger partial charge in [0.1, 0.15) is 10.7 Å². The number of anilines is 1. The maximum atomic E-state index is 13.1. The summed E-state index contributed by atoms with van der Waals surface area (Å²) < 4.78 is 29.8. The molecular weight excluding hydrogens is 454 g/mol. The lowest BCUT2D eigenvalue weighted by molar-refractivity contribution is 0.0785. The topological polar surface area (TPSA) is 70.1 Å². The summed E-state index contributed by atoms with van der Waals surface area (Å²) in [4.78, 5) is 17.8. The maximum absolute atomic E-state index is 13.1. The zero-order valence-corrected chi connectivity index (χ0v) is 19.9. The van der Waals surface area contributed by atoms with Crippen LogP contribution in [0.1, 0.15) is 41.6 Å². The summed E-state index contributed by atoms with van der Waals surface area (Å²) in [5.41, 5.74) is 1.67. The van der Waals surface area contributed by atoms with Crippen molar-refractivity contribution >= 4 is 50.8 Å². The molecule has 0 unspecified atom stereocenters. The maximum Gasteiger partial charge on any atom is 0.286 e. The van der Waals surface area contributed by atoms with Crippen molar-refractivity contribution in [3.05, 3.63) is 52.5 Å². The van der Waals surface area contributed by atoms with Gasteiger partial charge in [0.25, 0.3) is 15.9 Å². The molecule has 0 atom stereocenters. The first kappa shape index (κ1) is 22.2. The molecule has 164 valence electrons. The van der Waals surface area contributed by atoms with Gasteiger partial charge in [0, 0.05) is 31.5 Å². The minimum Gasteiger partial charge on any atom is -0.337 e. The van der Waals surface area contributed by atoms with Gasteiger partial charge in [0.05, 0.1) is 16.3 Å². The summed E-state index contributed by atoms with van der Waals surface area (Å²) >= 11 is 8.15. The monoisotopic (exact) mass is 477 g/mol. The van der Waals surface area contributed by atoms with E-state index in [0.29, 0.717) is 31.0 Å². The number of amides is 1. The molecule has 6 nitrogen and oxygen atoms in total. The summed E-state index contributed by atoms with van der Waals surface area (Å²) in [5.74, 6) is 0.230. The van der Waals surface area contributed by atoms with Crippen LogP contribution in [0, 0.1) is 0 Å². The van der Waals surface area contributed by atoms with Gasteiger partial charge in [0.15, 0.2) is 0 Å². The molecule has 2 aromatic carbocycles. The Morgan fingerprint density at radius 3 is 2.65 bits per heavy atom. The third-order valence-corrected chi connectivity index (χ3v) is 7.98. The summed E-state index contributed by atoms with van der Waals surface area (Å²) in [7, 11) is -2.20. The Morgan fingerprint density at radius 2 is 1.94 bits per heavy atom. The first-order valence-electron chi connectivity index (χ1n) is 10.1. The van der Waals surface area contributed by atoms with Gasteiger partial charge in [-0.05, 0) is 48.9 Å². The van der Waals surface area contributed by atoms with Crippen molar-refractivity contribution in [1.82, 2.24) is 4.90 Å². The Hall–Kier alpha value is -2.03. The molecule has 0 saturated carbocycles. The van der Waals surface area contributed by atoms with E-state index in [-0.39, 0.29) is 21.4 Å². The molecule has 9 heteroatoms. The Morgan fingerprint density at radius 1 is 1.19 bits per heavy atom. The van der Waals surface area contributed by atoms with Crippen LogP contribution in [-0.4, -0.2) is 44.9 Å². The SMILES string of the molecule is CSc1ccc(CN(C)C(=O)c2cc3c(cc2Cl)N2CCCCCC2=NS3(=O)=O)cc1. The van der Waals surface area contributed by atoms with E-state index in [1.165, 1.54) is 11.0 Å². The van der Waals surface area contributed by atoms with Gasteiger partial charge < -0.3 is 9.80 Å². The third-order valence-electron chi connectivity index (χ3n) is 5.59. The van der Waals surface area contributed by atoms with Crippen molar-refractivity contribution in [2.75, 3.05) is 24.7 Å². The fraction of sp³-hybridized carbons (Fsp3) is 0.364. The van der Waals surface area contributed by atoms with Crippen LogP contribution in [0.5, 0.6) is 0 Å². The van der Waals surface area contributed by atoms with E-state index in [9.17, 15) is 13.2 Å². The number of hydrogen-bond donors (Lipinski definition) is 0. The Labute approximate surface area is 192 Å².